The van der Waals surface area contributed by atoms with Crippen LogP contribution < -0.4 is 9.47 Å². The topological polar surface area (TPSA) is 70.4 Å². The molecule has 0 radical (unpaired) electrons. The Labute approximate surface area is 184 Å². The van der Waals surface area contributed by atoms with E-state index in [-0.39, 0.29) is 22.0 Å². The van der Waals surface area contributed by atoms with Crippen molar-refractivity contribution in [3.05, 3.63) is 73.9 Å². The van der Waals surface area contributed by atoms with Crippen molar-refractivity contribution < 1.29 is 19.1 Å². The zero-order chi connectivity index (χ0) is 22.2. The normalized spacial score (nSPS) is 10.8. The number of carbonyl (C=O) groups is 2. The van der Waals surface area contributed by atoms with E-state index in [0.717, 1.165) is 5.56 Å². The highest BCUT2D eigenvalue weighted by Crippen LogP contribution is 2.34. The number of rotatable bonds is 5. The summed E-state index contributed by atoms with van der Waals surface area (Å²) in [5, 5.41) is 5.01. The van der Waals surface area contributed by atoms with Crippen LogP contribution in [0.2, 0.25) is 10.0 Å². The highest BCUT2D eigenvalue weighted by Gasteiger charge is 2.28. The van der Waals surface area contributed by atoms with E-state index in [9.17, 15) is 9.59 Å². The number of hydrogen-bond donors (Lipinski definition) is 0. The summed E-state index contributed by atoms with van der Waals surface area (Å²) in [4.78, 5) is 26.0. The van der Waals surface area contributed by atoms with Crippen molar-refractivity contribution in [2.24, 2.45) is 7.05 Å². The van der Waals surface area contributed by atoms with Gasteiger partial charge in [0, 0.05) is 17.6 Å². The quantitative estimate of drug-likeness (QED) is 0.402. The number of benzene rings is 2. The third-order valence-electron chi connectivity index (χ3n) is 4.76. The molecule has 0 aliphatic rings. The summed E-state index contributed by atoms with van der Waals surface area (Å²) >= 11 is 12.6. The first kappa shape index (κ1) is 21.9. The van der Waals surface area contributed by atoms with Gasteiger partial charge in [-0.05, 0) is 62.2 Å². The summed E-state index contributed by atoms with van der Waals surface area (Å²) in [6.45, 7) is 5.21. The number of methoxy groups -OCH3 is 1. The van der Waals surface area contributed by atoms with E-state index >= 15 is 0 Å². The monoisotopic (exact) mass is 446 g/mol. The lowest BCUT2D eigenvalue weighted by atomic mass is 9.99. The Morgan fingerprint density at radius 2 is 1.67 bits per heavy atom. The lowest BCUT2D eigenvalue weighted by Gasteiger charge is -2.12. The van der Waals surface area contributed by atoms with Crippen molar-refractivity contribution in [1.82, 2.24) is 9.78 Å². The van der Waals surface area contributed by atoms with Gasteiger partial charge in [-0.15, -0.1) is 0 Å². The van der Waals surface area contributed by atoms with Crippen LogP contribution in [-0.4, -0.2) is 28.6 Å². The third kappa shape index (κ3) is 3.93. The van der Waals surface area contributed by atoms with Crippen LogP contribution in [0.3, 0.4) is 0 Å². The van der Waals surface area contributed by atoms with Crippen LogP contribution in [0, 0.1) is 20.8 Å². The van der Waals surface area contributed by atoms with Crippen molar-refractivity contribution in [3.63, 3.8) is 0 Å². The predicted octanol–water partition coefficient (Wildman–Crippen LogP) is 5.11. The maximum atomic E-state index is 13.4. The molecule has 1 heterocycles. The fourth-order valence-corrected chi connectivity index (χ4v) is 3.56. The maximum absolute atomic E-state index is 13.4. The van der Waals surface area contributed by atoms with E-state index in [4.69, 9.17) is 32.7 Å². The molecule has 0 amide bonds. The fraction of sp³-hybridized carbons (Fsp3) is 0.227. The van der Waals surface area contributed by atoms with Crippen LogP contribution in [0.4, 0.5) is 0 Å². The van der Waals surface area contributed by atoms with Gasteiger partial charge in [0.2, 0.25) is 11.7 Å². The highest BCUT2D eigenvalue weighted by molar-refractivity contribution is 6.39. The lowest BCUT2D eigenvalue weighted by molar-refractivity contribution is 0.0718. The molecule has 0 N–H and O–H groups in total. The zero-order valence-corrected chi connectivity index (χ0v) is 18.7. The second-order valence-electron chi connectivity index (χ2n) is 6.83. The smallest absolute Gasteiger partial charge is 0.344 e. The maximum Gasteiger partial charge on any atom is 0.344 e. The number of carbonyl (C=O) groups excluding carboxylic acids is 2. The minimum Gasteiger partial charge on any atom is -0.497 e. The van der Waals surface area contributed by atoms with Crippen LogP contribution in [0.25, 0.3) is 0 Å². The molecule has 0 saturated heterocycles. The summed E-state index contributed by atoms with van der Waals surface area (Å²) in [5.74, 6) is -0.364. The molecule has 8 heteroatoms. The Morgan fingerprint density at radius 3 is 2.27 bits per heavy atom. The third-order valence-corrected chi connectivity index (χ3v) is 5.83. The number of aromatic nitrogens is 2. The average molecular weight is 447 g/mol. The van der Waals surface area contributed by atoms with E-state index in [0.29, 0.717) is 27.6 Å². The predicted molar refractivity (Wildman–Crippen MR) is 115 cm³/mol. The van der Waals surface area contributed by atoms with Crippen LogP contribution in [0.15, 0.2) is 30.3 Å². The summed E-state index contributed by atoms with van der Waals surface area (Å²) in [7, 11) is 3.13. The Hall–Kier alpha value is -2.83. The number of nitrogens with zero attached hydrogens (tertiary/aromatic N) is 2. The minimum atomic E-state index is -0.621. The van der Waals surface area contributed by atoms with Gasteiger partial charge >= 0.3 is 5.97 Å². The van der Waals surface area contributed by atoms with Gasteiger partial charge in [0.15, 0.2) is 0 Å². The van der Waals surface area contributed by atoms with Gasteiger partial charge in [0.1, 0.15) is 11.3 Å². The summed E-state index contributed by atoms with van der Waals surface area (Å²) in [6.07, 6.45) is 0. The molecule has 3 rings (SSSR count). The molecular weight excluding hydrogens is 427 g/mol. The second kappa shape index (κ2) is 8.50. The number of hydrogen-bond acceptors (Lipinski definition) is 5. The van der Waals surface area contributed by atoms with Gasteiger partial charge in [-0.25, -0.2) is 9.48 Å². The van der Waals surface area contributed by atoms with Gasteiger partial charge in [-0.3, -0.25) is 4.79 Å². The first-order valence-corrected chi connectivity index (χ1v) is 9.81. The van der Waals surface area contributed by atoms with Crippen molar-refractivity contribution in [2.75, 3.05) is 7.11 Å². The Kier molecular flexibility index (Phi) is 6.19. The van der Waals surface area contributed by atoms with Crippen LogP contribution in [0.5, 0.6) is 11.6 Å². The van der Waals surface area contributed by atoms with Gasteiger partial charge < -0.3 is 9.47 Å². The standard InChI is InChI=1S/C22H20Cl2N2O4/c1-11-10-16(19(24)12(2)18(11)23)20(27)17-13(3)25-26(4)21(17)30-22(28)14-6-8-15(29-5)9-7-14/h6-10H,1-5H3. The Balaban J connectivity index is 2.02. The van der Waals surface area contributed by atoms with E-state index in [1.807, 2.05) is 0 Å². The lowest BCUT2D eigenvalue weighted by Crippen LogP contribution is -2.14. The van der Waals surface area contributed by atoms with E-state index < -0.39 is 11.8 Å². The van der Waals surface area contributed by atoms with E-state index in [2.05, 4.69) is 5.10 Å². The van der Waals surface area contributed by atoms with Gasteiger partial charge in [0.05, 0.1) is 23.4 Å². The molecule has 0 atom stereocenters. The van der Waals surface area contributed by atoms with E-state index in [1.54, 1.807) is 58.2 Å². The molecule has 0 fully saturated rings. The fourth-order valence-electron chi connectivity index (χ4n) is 3.13. The van der Waals surface area contributed by atoms with Crippen molar-refractivity contribution in [3.8, 4) is 11.6 Å². The number of aryl methyl sites for hydroxylation is 3. The van der Waals surface area contributed by atoms with Crippen LogP contribution in [-0.2, 0) is 7.05 Å². The number of ketones is 1. The van der Waals surface area contributed by atoms with Gasteiger partial charge in [0.25, 0.3) is 0 Å². The first-order chi connectivity index (χ1) is 14.1. The average Bonchev–Trinajstić information content (AvgIpc) is 3.01. The van der Waals surface area contributed by atoms with Crippen molar-refractivity contribution in [1.29, 1.82) is 0 Å². The Morgan fingerprint density at radius 1 is 1.03 bits per heavy atom. The molecule has 0 aliphatic carbocycles. The van der Waals surface area contributed by atoms with Gasteiger partial charge in [-0.2, -0.15) is 5.10 Å². The molecule has 3 aromatic rings. The molecule has 6 nitrogen and oxygen atoms in total. The minimum absolute atomic E-state index is 0.0413. The Bertz CT molecular complexity index is 1150. The SMILES string of the molecule is COc1ccc(C(=O)Oc2c(C(=O)c3cc(C)c(Cl)c(C)c3Cl)c(C)nn2C)cc1. The van der Waals surface area contributed by atoms with Crippen molar-refractivity contribution >= 4 is 35.0 Å². The molecule has 2 aromatic carbocycles. The van der Waals surface area contributed by atoms with Crippen LogP contribution >= 0.6 is 23.2 Å². The van der Waals surface area contributed by atoms with E-state index in [1.165, 1.54) is 11.8 Å². The molecule has 0 spiro atoms. The first-order valence-electron chi connectivity index (χ1n) is 9.05. The summed E-state index contributed by atoms with van der Waals surface area (Å²) < 4.78 is 12.0. The zero-order valence-electron chi connectivity index (χ0n) is 17.2. The molecule has 0 aliphatic heterocycles. The molecule has 0 saturated carbocycles. The summed E-state index contributed by atoms with van der Waals surface area (Å²) in [6, 6.07) is 8.08. The second-order valence-corrected chi connectivity index (χ2v) is 7.59. The van der Waals surface area contributed by atoms with Crippen LogP contribution in [0.1, 0.15) is 43.1 Å². The van der Waals surface area contributed by atoms with Crippen molar-refractivity contribution in [2.45, 2.75) is 20.8 Å². The molecule has 30 heavy (non-hydrogen) atoms. The molecule has 1 aromatic heterocycles. The number of esters is 1. The molecule has 156 valence electrons. The molecular formula is C22H20Cl2N2O4. The summed E-state index contributed by atoms with van der Waals surface area (Å²) in [5.41, 5.74) is 2.50. The van der Waals surface area contributed by atoms with Gasteiger partial charge in [-0.1, -0.05) is 23.2 Å². The molecule has 0 unspecified atom stereocenters. The largest absolute Gasteiger partial charge is 0.497 e. The highest BCUT2D eigenvalue weighted by atomic mass is 35.5. The number of halogens is 2. The molecule has 0 bridgehead atoms. The number of ether oxygens (including phenoxy) is 2.